The van der Waals surface area contributed by atoms with Crippen LogP contribution in [0.2, 0.25) is 0 Å². The van der Waals surface area contributed by atoms with Crippen molar-refractivity contribution in [3.05, 3.63) is 40.6 Å². The van der Waals surface area contributed by atoms with Gasteiger partial charge in [0.05, 0.1) is 0 Å². The number of hydrogen-bond donors (Lipinski definition) is 4. The molecular weight excluding hydrogens is 327 g/mol. The van der Waals surface area contributed by atoms with Gasteiger partial charge in [-0.05, 0) is 29.5 Å². The quantitative estimate of drug-likeness (QED) is 0.273. The van der Waals surface area contributed by atoms with E-state index in [9.17, 15) is 18.0 Å². The van der Waals surface area contributed by atoms with Gasteiger partial charge in [-0.1, -0.05) is 12.1 Å². The van der Waals surface area contributed by atoms with Gasteiger partial charge in [0.15, 0.2) is 0 Å². The second-order valence-electron chi connectivity index (χ2n) is 3.67. The molecule has 1 aromatic carbocycles. The molecule has 0 aliphatic rings. The summed E-state index contributed by atoms with van der Waals surface area (Å²) in [5.41, 5.74) is 3.45. The Balaban J connectivity index is 2.68. The monoisotopic (exact) mass is 339 g/mol. The number of thioether (sulfide) groups is 2. The summed E-state index contributed by atoms with van der Waals surface area (Å²) in [7, 11) is 0. The second-order valence-corrected chi connectivity index (χ2v) is 5.80. The minimum Gasteiger partial charge on any atom is -0.477 e. The zero-order chi connectivity index (χ0) is 16.0. The molecule has 1 rings (SSSR count). The van der Waals surface area contributed by atoms with E-state index < -0.39 is 17.2 Å². The number of carboxylic acid groups (broad SMARTS) is 1. The summed E-state index contributed by atoms with van der Waals surface area (Å²) in [6, 6.07) is 5.72. The largest absolute Gasteiger partial charge is 0.477 e. The lowest BCUT2D eigenvalue weighted by atomic mass is 10.2. The first-order valence-electron chi connectivity index (χ1n) is 5.40. The third kappa shape index (κ3) is 6.19. The molecule has 1 aromatic rings. The van der Waals surface area contributed by atoms with Crippen LogP contribution in [0, 0.1) is 0 Å². The highest BCUT2D eigenvalue weighted by Crippen LogP contribution is 2.36. The molecule has 0 unspecified atom stereocenters. The fourth-order valence-corrected chi connectivity index (χ4v) is 2.61. The van der Waals surface area contributed by atoms with Crippen LogP contribution in [0.1, 0.15) is 5.56 Å². The van der Waals surface area contributed by atoms with Crippen molar-refractivity contribution in [2.45, 2.75) is 16.2 Å². The summed E-state index contributed by atoms with van der Waals surface area (Å²) in [6.45, 7) is 0. The first-order valence-corrected chi connectivity index (χ1v) is 7.20. The van der Waals surface area contributed by atoms with Crippen molar-refractivity contribution in [2.24, 2.45) is 11.6 Å². The van der Waals surface area contributed by atoms with Crippen LogP contribution in [-0.4, -0.2) is 16.6 Å². The van der Waals surface area contributed by atoms with Crippen LogP contribution in [0.5, 0.6) is 0 Å². The Morgan fingerprint density at radius 2 is 1.86 bits per heavy atom. The smallest absolute Gasteiger partial charge is 0.446 e. The number of nitrogens with one attached hydrogen (secondary N) is 1. The fourth-order valence-electron chi connectivity index (χ4n) is 1.24. The van der Waals surface area contributed by atoms with E-state index in [4.69, 9.17) is 16.7 Å². The van der Waals surface area contributed by atoms with Crippen LogP contribution in [-0.2, 0) is 10.5 Å². The molecule has 21 heavy (non-hydrogen) atoms. The Kier molecular flexibility index (Phi) is 6.24. The summed E-state index contributed by atoms with van der Waals surface area (Å²) in [5.74, 6) is 4.17. The third-order valence-electron chi connectivity index (χ3n) is 2.15. The van der Waals surface area contributed by atoms with E-state index in [0.717, 1.165) is 11.8 Å². The van der Waals surface area contributed by atoms with Crippen LogP contribution >= 0.6 is 23.5 Å². The number of aliphatic carboxylic acids is 1. The molecule has 116 valence electrons. The van der Waals surface area contributed by atoms with Crippen LogP contribution in [0.4, 0.5) is 13.2 Å². The molecule has 0 aromatic heterocycles. The van der Waals surface area contributed by atoms with Crippen LogP contribution in [0.3, 0.4) is 0 Å². The number of benzene rings is 1. The van der Waals surface area contributed by atoms with Crippen molar-refractivity contribution in [1.29, 1.82) is 0 Å². The second kappa shape index (κ2) is 7.48. The van der Waals surface area contributed by atoms with E-state index in [1.165, 1.54) is 24.3 Å². The van der Waals surface area contributed by atoms with Crippen molar-refractivity contribution >= 4 is 29.5 Å². The van der Waals surface area contributed by atoms with Crippen molar-refractivity contribution in [2.75, 3.05) is 0 Å². The zero-order valence-electron chi connectivity index (χ0n) is 10.5. The molecular formula is C11H12F3N3O2S2. The Morgan fingerprint density at radius 1 is 1.29 bits per heavy atom. The summed E-state index contributed by atoms with van der Waals surface area (Å²) in [4.78, 5) is 10.8. The molecule has 0 spiro atoms. The van der Waals surface area contributed by atoms with E-state index in [1.807, 2.05) is 0 Å². The molecule has 0 heterocycles. The molecule has 0 saturated heterocycles. The predicted octanol–water partition coefficient (Wildman–Crippen LogP) is 2.21. The van der Waals surface area contributed by atoms with Gasteiger partial charge in [0.1, 0.15) is 10.7 Å². The number of hydrazine groups is 1. The summed E-state index contributed by atoms with van der Waals surface area (Å²) >= 11 is 0.840. The zero-order valence-corrected chi connectivity index (χ0v) is 12.1. The molecule has 0 bridgehead atoms. The maximum absolute atomic E-state index is 12.2. The number of nitrogens with two attached hydrogens (primary N) is 2. The maximum atomic E-state index is 12.2. The van der Waals surface area contributed by atoms with Gasteiger partial charge in [0.2, 0.25) is 0 Å². The molecule has 6 N–H and O–H groups in total. The molecule has 0 fully saturated rings. The van der Waals surface area contributed by atoms with Gasteiger partial charge in [0.25, 0.3) is 0 Å². The average molecular weight is 339 g/mol. The van der Waals surface area contributed by atoms with Crippen molar-refractivity contribution in [3.8, 4) is 0 Å². The standard InChI is InChI=1S/C11H12F3N3O2S2/c12-11(13,14)21-7-3-1-6(2-4-7)5-20-9(17-16)8(15)10(18)19/h1-4,17H,5,15-16H2,(H,18,19)/b9-8+. The lowest BCUT2D eigenvalue weighted by Crippen LogP contribution is -2.26. The van der Waals surface area contributed by atoms with E-state index >= 15 is 0 Å². The van der Waals surface area contributed by atoms with Crippen molar-refractivity contribution in [3.63, 3.8) is 0 Å². The van der Waals surface area contributed by atoms with E-state index in [-0.39, 0.29) is 21.7 Å². The number of carbonyl (C=O) groups is 1. The Bertz CT molecular complexity index is 533. The molecule has 0 amide bonds. The number of halogens is 3. The molecule has 0 aliphatic heterocycles. The summed E-state index contributed by atoms with van der Waals surface area (Å²) < 4.78 is 36.5. The van der Waals surface area contributed by atoms with Gasteiger partial charge in [0, 0.05) is 10.6 Å². The molecule has 0 radical (unpaired) electrons. The number of rotatable bonds is 6. The van der Waals surface area contributed by atoms with Gasteiger partial charge < -0.3 is 16.3 Å². The first kappa shape index (κ1) is 17.5. The number of hydrogen-bond acceptors (Lipinski definition) is 6. The molecule has 10 heteroatoms. The van der Waals surface area contributed by atoms with E-state index in [1.54, 1.807) is 0 Å². The molecule has 5 nitrogen and oxygen atoms in total. The van der Waals surface area contributed by atoms with Crippen LogP contribution in [0.25, 0.3) is 0 Å². The normalized spacial score (nSPS) is 12.8. The minimum absolute atomic E-state index is 0.0778. The Morgan fingerprint density at radius 3 is 2.29 bits per heavy atom. The predicted molar refractivity (Wildman–Crippen MR) is 75.8 cm³/mol. The average Bonchev–Trinajstić information content (AvgIpc) is 2.39. The Labute approximate surface area is 126 Å². The lowest BCUT2D eigenvalue weighted by Gasteiger charge is -2.09. The topological polar surface area (TPSA) is 101 Å². The minimum atomic E-state index is -4.33. The van der Waals surface area contributed by atoms with Gasteiger partial charge in [-0.3, -0.25) is 0 Å². The maximum Gasteiger partial charge on any atom is 0.446 e. The third-order valence-corrected chi connectivity index (χ3v) is 3.99. The van der Waals surface area contributed by atoms with Crippen molar-refractivity contribution < 1.29 is 23.1 Å². The van der Waals surface area contributed by atoms with Gasteiger partial charge in [-0.15, -0.1) is 11.8 Å². The van der Waals surface area contributed by atoms with E-state index in [2.05, 4.69) is 5.43 Å². The van der Waals surface area contributed by atoms with Gasteiger partial charge >= 0.3 is 11.5 Å². The van der Waals surface area contributed by atoms with Gasteiger partial charge in [-0.25, -0.2) is 10.6 Å². The fraction of sp³-hybridized carbons (Fsp3) is 0.182. The molecule has 0 saturated carbocycles. The molecule has 0 atom stereocenters. The lowest BCUT2D eigenvalue weighted by molar-refractivity contribution is -0.132. The highest BCUT2D eigenvalue weighted by Gasteiger charge is 2.28. The van der Waals surface area contributed by atoms with Crippen LogP contribution in [0.15, 0.2) is 39.9 Å². The number of carboxylic acids is 1. The highest BCUT2D eigenvalue weighted by molar-refractivity contribution is 8.02. The Hall–Kier alpha value is -1.52. The summed E-state index contributed by atoms with van der Waals surface area (Å²) in [6.07, 6.45) is 0. The van der Waals surface area contributed by atoms with Gasteiger partial charge in [-0.2, -0.15) is 13.2 Å². The van der Waals surface area contributed by atoms with Crippen LogP contribution < -0.4 is 17.0 Å². The first-order chi connectivity index (χ1) is 9.73. The molecule has 0 aliphatic carbocycles. The summed E-state index contributed by atoms with van der Waals surface area (Å²) in [5, 5.41) is 8.80. The SMILES string of the molecule is NN/C(SCc1ccc(SC(F)(F)F)cc1)=C(\N)C(=O)O. The van der Waals surface area contributed by atoms with Crippen molar-refractivity contribution in [1.82, 2.24) is 5.43 Å². The van der Waals surface area contributed by atoms with E-state index in [0.29, 0.717) is 11.3 Å². The number of alkyl halides is 3. The highest BCUT2D eigenvalue weighted by atomic mass is 32.2.